The molecule has 0 heterocycles. The molecule has 0 bridgehead atoms. The molecule has 0 spiro atoms. The van der Waals surface area contributed by atoms with E-state index in [1.54, 1.807) is 0 Å². The lowest BCUT2D eigenvalue weighted by molar-refractivity contribution is -0.111. The average molecular weight is 301 g/mol. The van der Waals surface area contributed by atoms with Gasteiger partial charge < -0.3 is 9.74 Å². The summed E-state index contributed by atoms with van der Waals surface area (Å²) >= 11 is 0. The van der Waals surface area contributed by atoms with Crippen LogP contribution in [0.5, 0.6) is 0 Å². The highest BCUT2D eigenvalue weighted by atomic mass is 28.4. The summed E-state index contributed by atoms with van der Waals surface area (Å²) in [6.45, 7) is 13.8. The van der Waals surface area contributed by atoms with Gasteiger partial charge >= 0.3 is 0 Å². The van der Waals surface area contributed by atoms with Crippen LogP contribution in [0, 0.1) is 0 Å². The van der Waals surface area contributed by atoms with Crippen molar-refractivity contribution in [2.24, 2.45) is 0 Å². The summed E-state index contributed by atoms with van der Waals surface area (Å²) in [5, 5.41) is 3.92. The van der Waals surface area contributed by atoms with E-state index in [1.807, 2.05) is 43.3 Å². The van der Waals surface area contributed by atoms with E-state index in [0.29, 0.717) is 6.61 Å². The third-order valence-electron chi connectivity index (χ3n) is 3.23. The van der Waals surface area contributed by atoms with Crippen molar-refractivity contribution in [2.45, 2.75) is 19.0 Å². The van der Waals surface area contributed by atoms with Crippen LogP contribution in [0.3, 0.4) is 0 Å². The minimum absolute atomic E-state index is 0.215. The summed E-state index contributed by atoms with van der Waals surface area (Å²) in [7, 11) is -2.11. The van der Waals surface area contributed by atoms with Gasteiger partial charge in [-0.2, -0.15) is 0 Å². The van der Waals surface area contributed by atoms with Crippen molar-refractivity contribution in [1.29, 1.82) is 0 Å². The van der Waals surface area contributed by atoms with Crippen LogP contribution in [-0.4, -0.2) is 20.8 Å². The summed E-state index contributed by atoms with van der Waals surface area (Å²) in [5.41, 5.74) is 0.750. The monoisotopic (exact) mass is 301 g/mol. The Balaban J connectivity index is 3.07. The topological polar surface area (TPSA) is 38.3 Å². The molecular weight excluding hydrogens is 278 g/mol. The quantitative estimate of drug-likeness (QED) is 0.431. The molecule has 4 heteroatoms. The number of rotatable bonds is 9. The molecular formula is C17H23NO2Si. The molecule has 0 unspecified atom stereocenters. The fraction of sp³-hybridized carbons (Fsp3) is 0.235. The van der Waals surface area contributed by atoms with Crippen LogP contribution >= 0.6 is 0 Å². The lowest BCUT2D eigenvalue weighted by atomic mass is 10.3. The van der Waals surface area contributed by atoms with Crippen molar-refractivity contribution in [3.05, 3.63) is 62.2 Å². The van der Waals surface area contributed by atoms with Crippen molar-refractivity contribution in [3.63, 3.8) is 0 Å². The second kappa shape index (κ2) is 8.39. The van der Waals surface area contributed by atoms with Gasteiger partial charge in [0.15, 0.2) is 0 Å². The van der Waals surface area contributed by atoms with E-state index in [0.717, 1.165) is 17.8 Å². The van der Waals surface area contributed by atoms with Gasteiger partial charge in [0.1, 0.15) is 0 Å². The van der Waals surface area contributed by atoms with Gasteiger partial charge in [0.05, 0.1) is 0 Å². The van der Waals surface area contributed by atoms with Gasteiger partial charge in [-0.15, -0.1) is 13.2 Å². The molecule has 0 saturated carbocycles. The van der Waals surface area contributed by atoms with Gasteiger partial charge in [0, 0.05) is 12.3 Å². The van der Waals surface area contributed by atoms with Crippen LogP contribution in [0.15, 0.2) is 62.2 Å². The van der Waals surface area contributed by atoms with Crippen molar-refractivity contribution in [1.82, 2.24) is 0 Å². The maximum Gasteiger partial charge on any atom is 0.247 e. The molecule has 1 rings (SSSR count). The first kappa shape index (κ1) is 17.1. The highest BCUT2D eigenvalue weighted by Gasteiger charge is 2.34. The average Bonchev–Trinajstić information content (AvgIpc) is 2.48. The molecule has 0 atom stereocenters. The zero-order chi connectivity index (χ0) is 15.7. The normalized spacial score (nSPS) is 10.7. The van der Waals surface area contributed by atoms with Gasteiger partial charge in [-0.1, -0.05) is 30.9 Å². The van der Waals surface area contributed by atoms with Gasteiger partial charge in [-0.25, -0.2) is 0 Å². The van der Waals surface area contributed by atoms with E-state index in [1.165, 1.54) is 11.3 Å². The largest absolute Gasteiger partial charge is 0.412 e. The first-order chi connectivity index (χ1) is 10.1. The molecule has 0 fully saturated rings. The fourth-order valence-corrected chi connectivity index (χ4v) is 5.61. The van der Waals surface area contributed by atoms with Crippen molar-refractivity contribution >= 4 is 25.1 Å². The molecule has 1 aromatic carbocycles. The number of nitrogens with one attached hydrogen (secondary N) is 1. The van der Waals surface area contributed by atoms with Gasteiger partial charge in [-0.05, 0) is 42.4 Å². The number of amides is 1. The van der Waals surface area contributed by atoms with Gasteiger partial charge in [-0.3, -0.25) is 4.79 Å². The maximum absolute atomic E-state index is 11.3. The Labute approximate surface area is 128 Å². The standard InChI is InChI=1S/C17H23NO2Si/c1-5-13-21(14-6-2,20-8-4)16-11-9-15(10-12-16)18-17(19)7-3/h5-7,9-12H,1-3,8,13-14H2,4H3,(H,18,19). The number of hydrogen-bond donors (Lipinski definition) is 1. The SMILES string of the molecule is C=CC[Si](CC=C)(OCC)c1ccc(NC(=O)C=C)cc1. The fourth-order valence-electron chi connectivity index (χ4n) is 2.31. The zero-order valence-corrected chi connectivity index (χ0v) is 13.6. The lowest BCUT2D eigenvalue weighted by Crippen LogP contribution is -2.50. The van der Waals surface area contributed by atoms with E-state index in [2.05, 4.69) is 25.1 Å². The Morgan fingerprint density at radius 1 is 1.19 bits per heavy atom. The highest BCUT2D eigenvalue weighted by Crippen LogP contribution is 2.20. The van der Waals surface area contributed by atoms with Crippen LogP contribution in [0.2, 0.25) is 12.1 Å². The Bertz CT molecular complexity index is 498. The number of carbonyl (C=O) groups is 1. The third kappa shape index (κ3) is 4.55. The second-order valence-electron chi connectivity index (χ2n) is 4.68. The third-order valence-corrected chi connectivity index (χ3v) is 7.36. The molecule has 1 aromatic rings. The Morgan fingerprint density at radius 3 is 2.19 bits per heavy atom. The smallest absolute Gasteiger partial charge is 0.247 e. The summed E-state index contributed by atoms with van der Waals surface area (Å²) < 4.78 is 6.13. The molecule has 21 heavy (non-hydrogen) atoms. The van der Waals surface area contributed by atoms with Gasteiger partial charge in [0.25, 0.3) is 0 Å². The van der Waals surface area contributed by atoms with Gasteiger partial charge in [0.2, 0.25) is 14.2 Å². The number of benzene rings is 1. The van der Waals surface area contributed by atoms with Crippen molar-refractivity contribution < 1.29 is 9.22 Å². The van der Waals surface area contributed by atoms with Crippen LogP contribution in [0.1, 0.15) is 6.92 Å². The molecule has 0 aliphatic heterocycles. The molecule has 1 N–H and O–H groups in total. The summed E-state index contributed by atoms with van der Waals surface area (Å²) in [6, 6.07) is 9.50. The Hall–Kier alpha value is -1.91. The van der Waals surface area contributed by atoms with E-state index in [4.69, 9.17) is 4.43 Å². The van der Waals surface area contributed by atoms with Crippen LogP contribution in [0.25, 0.3) is 0 Å². The van der Waals surface area contributed by atoms with Crippen molar-refractivity contribution in [2.75, 3.05) is 11.9 Å². The summed E-state index contributed by atoms with van der Waals surface area (Å²) in [4.78, 5) is 11.3. The van der Waals surface area contributed by atoms with E-state index in [9.17, 15) is 4.79 Å². The number of anilines is 1. The zero-order valence-electron chi connectivity index (χ0n) is 12.6. The first-order valence-corrected chi connectivity index (χ1v) is 9.33. The minimum atomic E-state index is -2.11. The lowest BCUT2D eigenvalue weighted by Gasteiger charge is -2.29. The predicted molar refractivity (Wildman–Crippen MR) is 92.3 cm³/mol. The number of hydrogen-bond acceptors (Lipinski definition) is 2. The molecule has 0 radical (unpaired) electrons. The van der Waals surface area contributed by atoms with Crippen molar-refractivity contribution in [3.8, 4) is 0 Å². The number of carbonyl (C=O) groups excluding carboxylic acids is 1. The summed E-state index contributed by atoms with van der Waals surface area (Å²) in [6.07, 6.45) is 5.08. The molecule has 3 nitrogen and oxygen atoms in total. The predicted octanol–water partition coefficient (Wildman–Crippen LogP) is 3.37. The molecule has 0 aromatic heterocycles. The molecule has 0 aliphatic rings. The molecule has 0 aliphatic carbocycles. The van der Waals surface area contributed by atoms with E-state index < -0.39 is 8.32 Å². The van der Waals surface area contributed by atoms with E-state index in [-0.39, 0.29) is 5.91 Å². The molecule has 112 valence electrons. The number of allylic oxidation sites excluding steroid dienone is 2. The Morgan fingerprint density at radius 2 is 1.76 bits per heavy atom. The molecule has 0 saturated heterocycles. The van der Waals surface area contributed by atoms with Crippen LogP contribution < -0.4 is 10.5 Å². The summed E-state index contributed by atoms with van der Waals surface area (Å²) in [5.74, 6) is -0.215. The highest BCUT2D eigenvalue weighted by molar-refractivity contribution is 6.87. The maximum atomic E-state index is 11.3. The minimum Gasteiger partial charge on any atom is -0.412 e. The van der Waals surface area contributed by atoms with E-state index >= 15 is 0 Å². The Kier molecular flexibility index (Phi) is 6.85. The van der Waals surface area contributed by atoms with Crippen LogP contribution in [-0.2, 0) is 9.22 Å². The van der Waals surface area contributed by atoms with Crippen LogP contribution in [0.4, 0.5) is 5.69 Å². The second-order valence-corrected chi connectivity index (χ2v) is 8.35. The first-order valence-electron chi connectivity index (χ1n) is 7.01. The molecule has 1 amide bonds.